The van der Waals surface area contributed by atoms with Crippen LogP contribution in [0.1, 0.15) is 70.7 Å². The molecule has 1 aromatic rings. The molecule has 5 heteroatoms. The number of halogens is 1. The fourth-order valence-electron chi connectivity index (χ4n) is 3.20. The SMILES string of the molecule is CCOC1(C(O)c2c(Cl)cnn2C(C)C)CCCCC1. The molecular weight excluding hydrogens is 276 g/mol. The predicted octanol–water partition coefficient (Wildman–Crippen LogP) is 3.89. The van der Waals surface area contributed by atoms with Gasteiger partial charge < -0.3 is 9.84 Å². The third kappa shape index (κ3) is 2.87. The van der Waals surface area contributed by atoms with Crippen LogP contribution in [0.2, 0.25) is 5.02 Å². The van der Waals surface area contributed by atoms with Crippen molar-refractivity contribution in [3.63, 3.8) is 0 Å². The highest BCUT2D eigenvalue weighted by molar-refractivity contribution is 6.31. The molecule has 1 aromatic heterocycles. The van der Waals surface area contributed by atoms with Crippen molar-refractivity contribution in [2.75, 3.05) is 6.61 Å². The Balaban J connectivity index is 2.36. The number of hydrogen-bond donors (Lipinski definition) is 1. The van der Waals surface area contributed by atoms with Gasteiger partial charge in [0.05, 0.1) is 22.5 Å². The lowest BCUT2D eigenvalue weighted by Crippen LogP contribution is -2.42. The molecule has 1 fully saturated rings. The first kappa shape index (κ1) is 15.8. The van der Waals surface area contributed by atoms with Crippen LogP contribution in [0.25, 0.3) is 0 Å². The van der Waals surface area contributed by atoms with Gasteiger partial charge in [0.25, 0.3) is 0 Å². The highest BCUT2D eigenvalue weighted by Gasteiger charge is 2.43. The van der Waals surface area contributed by atoms with Crippen molar-refractivity contribution >= 4 is 11.6 Å². The summed E-state index contributed by atoms with van der Waals surface area (Å²) in [6, 6.07) is 0.161. The van der Waals surface area contributed by atoms with E-state index in [2.05, 4.69) is 5.10 Å². The minimum absolute atomic E-state index is 0.161. The number of hydrogen-bond acceptors (Lipinski definition) is 3. The highest BCUT2D eigenvalue weighted by atomic mass is 35.5. The number of ether oxygens (including phenoxy) is 1. The molecule has 1 heterocycles. The van der Waals surface area contributed by atoms with Gasteiger partial charge in [-0.1, -0.05) is 30.9 Å². The summed E-state index contributed by atoms with van der Waals surface area (Å²) in [4.78, 5) is 0. The first-order valence-corrected chi connectivity index (χ1v) is 7.94. The fraction of sp³-hybridized carbons (Fsp3) is 0.800. The first-order valence-electron chi connectivity index (χ1n) is 7.56. The van der Waals surface area contributed by atoms with Crippen LogP contribution in [-0.4, -0.2) is 27.1 Å². The number of aromatic nitrogens is 2. The second-order valence-corrected chi connectivity index (χ2v) is 6.28. The quantitative estimate of drug-likeness (QED) is 0.897. The van der Waals surface area contributed by atoms with Crippen LogP contribution in [0.5, 0.6) is 0 Å². The fourth-order valence-corrected chi connectivity index (χ4v) is 3.44. The van der Waals surface area contributed by atoms with Gasteiger partial charge in [0.1, 0.15) is 6.10 Å². The van der Waals surface area contributed by atoms with Gasteiger partial charge in [0.2, 0.25) is 0 Å². The van der Waals surface area contributed by atoms with E-state index in [0.29, 0.717) is 17.3 Å². The van der Waals surface area contributed by atoms with E-state index < -0.39 is 11.7 Å². The van der Waals surface area contributed by atoms with Crippen LogP contribution in [-0.2, 0) is 4.74 Å². The Kier molecular flexibility index (Phi) is 5.10. The molecule has 0 aliphatic heterocycles. The molecule has 0 saturated heterocycles. The lowest BCUT2D eigenvalue weighted by atomic mass is 9.79. The van der Waals surface area contributed by atoms with Crippen LogP contribution in [0, 0.1) is 0 Å². The summed E-state index contributed by atoms with van der Waals surface area (Å²) in [7, 11) is 0. The van der Waals surface area contributed by atoms with Crippen molar-refractivity contribution in [3.05, 3.63) is 16.9 Å². The van der Waals surface area contributed by atoms with E-state index in [0.717, 1.165) is 25.7 Å². The summed E-state index contributed by atoms with van der Waals surface area (Å²) in [6.07, 6.45) is 6.03. The van der Waals surface area contributed by atoms with Crippen molar-refractivity contribution in [2.45, 2.75) is 70.6 Å². The molecule has 0 aromatic carbocycles. The smallest absolute Gasteiger partial charge is 0.126 e. The zero-order chi connectivity index (χ0) is 14.8. The average Bonchev–Trinajstić information content (AvgIpc) is 2.81. The molecule has 0 bridgehead atoms. The molecule has 1 saturated carbocycles. The Hall–Kier alpha value is -0.580. The van der Waals surface area contributed by atoms with E-state index >= 15 is 0 Å². The number of nitrogens with zero attached hydrogens (tertiary/aromatic N) is 2. The lowest BCUT2D eigenvalue weighted by molar-refractivity contribution is -0.144. The number of aliphatic hydroxyl groups is 1. The van der Waals surface area contributed by atoms with Gasteiger partial charge in [-0.2, -0.15) is 5.10 Å². The Bertz CT molecular complexity index is 434. The van der Waals surface area contributed by atoms with Gasteiger partial charge >= 0.3 is 0 Å². The number of rotatable bonds is 5. The number of aliphatic hydroxyl groups excluding tert-OH is 1. The molecule has 1 N–H and O–H groups in total. The van der Waals surface area contributed by atoms with Gasteiger partial charge in [-0.05, 0) is 33.6 Å². The second kappa shape index (κ2) is 6.46. The van der Waals surface area contributed by atoms with Gasteiger partial charge in [-0.3, -0.25) is 4.68 Å². The molecule has 4 nitrogen and oxygen atoms in total. The molecule has 20 heavy (non-hydrogen) atoms. The van der Waals surface area contributed by atoms with Crippen molar-refractivity contribution in [1.29, 1.82) is 0 Å². The summed E-state index contributed by atoms with van der Waals surface area (Å²) in [6.45, 7) is 6.65. The van der Waals surface area contributed by atoms with E-state index in [1.807, 2.05) is 25.5 Å². The van der Waals surface area contributed by atoms with Gasteiger partial charge in [0, 0.05) is 12.6 Å². The van der Waals surface area contributed by atoms with Gasteiger partial charge in [-0.15, -0.1) is 0 Å². The molecule has 0 amide bonds. The zero-order valence-electron chi connectivity index (χ0n) is 12.6. The topological polar surface area (TPSA) is 47.3 Å². The first-order chi connectivity index (χ1) is 9.52. The van der Waals surface area contributed by atoms with Crippen LogP contribution in [0.3, 0.4) is 0 Å². The van der Waals surface area contributed by atoms with Crippen LogP contribution in [0.4, 0.5) is 0 Å². The van der Waals surface area contributed by atoms with E-state index in [1.54, 1.807) is 6.20 Å². The molecule has 1 unspecified atom stereocenters. The summed E-state index contributed by atoms with van der Waals surface area (Å²) in [5.41, 5.74) is 0.181. The largest absolute Gasteiger partial charge is 0.384 e. The Morgan fingerprint density at radius 2 is 2.05 bits per heavy atom. The van der Waals surface area contributed by atoms with E-state index in [1.165, 1.54) is 6.42 Å². The third-order valence-corrected chi connectivity index (χ3v) is 4.46. The van der Waals surface area contributed by atoms with Gasteiger partial charge in [-0.25, -0.2) is 0 Å². The van der Waals surface area contributed by atoms with Crippen molar-refractivity contribution in [2.24, 2.45) is 0 Å². The Labute approximate surface area is 126 Å². The maximum Gasteiger partial charge on any atom is 0.126 e. The molecule has 0 radical (unpaired) electrons. The molecule has 1 atom stereocenters. The van der Waals surface area contributed by atoms with Crippen molar-refractivity contribution in [3.8, 4) is 0 Å². The minimum Gasteiger partial charge on any atom is -0.384 e. The summed E-state index contributed by atoms with van der Waals surface area (Å²) >= 11 is 6.27. The van der Waals surface area contributed by atoms with Crippen LogP contribution in [0.15, 0.2) is 6.20 Å². The molecule has 114 valence electrons. The van der Waals surface area contributed by atoms with Crippen LogP contribution >= 0.6 is 11.6 Å². The minimum atomic E-state index is -0.722. The molecule has 2 rings (SSSR count). The maximum absolute atomic E-state index is 11.0. The van der Waals surface area contributed by atoms with E-state index in [9.17, 15) is 5.11 Å². The van der Waals surface area contributed by atoms with Gasteiger partial charge in [0.15, 0.2) is 0 Å². The average molecular weight is 301 g/mol. The Morgan fingerprint density at radius 1 is 1.40 bits per heavy atom. The second-order valence-electron chi connectivity index (χ2n) is 5.88. The standard InChI is InChI=1S/C15H25ClN2O2/c1-4-20-15(8-6-5-7-9-15)14(19)13-12(16)10-17-18(13)11(2)3/h10-11,14,19H,4-9H2,1-3H3. The Morgan fingerprint density at radius 3 is 2.60 bits per heavy atom. The molecular formula is C15H25ClN2O2. The molecule has 1 aliphatic carbocycles. The highest BCUT2D eigenvalue weighted by Crippen LogP contribution is 2.43. The summed E-state index contributed by atoms with van der Waals surface area (Å²) in [5, 5.41) is 15.8. The molecule has 1 aliphatic rings. The predicted molar refractivity (Wildman–Crippen MR) is 80.0 cm³/mol. The monoisotopic (exact) mass is 300 g/mol. The summed E-state index contributed by atoms with van der Waals surface area (Å²) < 4.78 is 7.80. The van der Waals surface area contributed by atoms with Crippen LogP contribution < -0.4 is 0 Å². The summed E-state index contributed by atoms with van der Waals surface area (Å²) in [5.74, 6) is 0. The van der Waals surface area contributed by atoms with Crippen molar-refractivity contribution < 1.29 is 9.84 Å². The zero-order valence-corrected chi connectivity index (χ0v) is 13.4. The van der Waals surface area contributed by atoms with E-state index in [-0.39, 0.29) is 6.04 Å². The lowest BCUT2D eigenvalue weighted by Gasteiger charge is -2.41. The molecule has 0 spiro atoms. The third-order valence-electron chi connectivity index (χ3n) is 4.17. The maximum atomic E-state index is 11.0. The van der Waals surface area contributed by atoms with Crippen molar-refractivity contribution in [1.82, 2.24) is 9.78 Å². The normalized spacial score (nSPS) is 20.3. The van der Waals surface area contributed by atoms with E-state index in [4.69, 9.17) is 16.3 Å².